The number of hydrogen-bond donors (Lipinski definition) is 0. The van der Waals surface area contributed by atoms with Crippen LogP contribution in [0.4, 0.5) is 0 Å². The van der Waals surface area contributed by atoms with E-state index in [0.29, 0.717) is 12.5 Å². The molecule has 0 spiro atoms. The van der Waals surface area contributed by atoms with Crippen molar-refractivity contribution in [3.05, 3.63) is 35.9 Å². The molecule has 0 saturated heterocycles. The Balaban J connectivity index is 2.96. The van der Waals surface area contributed by atoms with E-state index in [-0.39, 0.29) is 17.3 Å². The van der Waals surface area contributed by atoms with Gasteiger partial charge in [0.15, 0.2) is 0 Å². The molecule has 0 aliphatic carbocycles. The summed E-state index contributed by atoms with van der Waals surface area (Å²) in [5.74, 6) is -0.114. The molecule has 1 aromatic carbocycles. The van der Waals surface area contributed by atoms with E-state index in [1.165, 1.54) is 5.56 Å². The van der Waals surface area contributed by atoms with Gasteiger partial charge in [0, 0.05) is 7.11 Å². The zero-order valence-corrected chi connectivity index (χ0v) is 17.1. The number of ether oxygens (including phenoxy) is 2. The number of rotatable bonds is 10. The van der Waals surface area contributed by atoms with Crippen molar-refractivity contribution in [2.75, 3.05) is 13.7 Å². The van der Waals surface area contributed by atoms with Crippen molar-refractivity contribution in [2.24, 2.45) is 11.3 Å². The van der Waals surface area contributed by atoms with E-state index in [0.717, 1.165) is 19.3 Å². The summed E-state index contributed by atoms with van der Waals surface area (Å²) in [6.45, 7) is 13.2. The van der Waals surface area contributed by atoms with Crippen LogP contribution in [0.3, 0.4) is 0 Å². The van der Waals surface area contributed by atoms with Crippen LogP contribution >= 0.6 is 0 Å². The second kappa shape index (κ2) is 9.38. The number of benzene rings is 1. The number of carbonyl (C=O) groups excluding carboxylic acids is 1. The van der Waals surface area contributed by atoms with E-state index in [1.54, 1.807) is 7.11 Å². The van der Waals surface area contributed by atoms with Gasteiger partial charge in [-0.05, 0) is 43.6 Å². The molecule has 25 heavy (non-hydrogen) atoms. The first kappa shape index (κ1) is 21.7. The molecule has 0 saturated carbocycles. The topological polar surface area (TPSA) is 35.5 Å². The third kappa shape index (κ3) is 6.14. The van der Waals surface area contributed by atoms with Crippen molar-refractivity contribution < 1.29 is 14.3 Å². The lowest BCUT2D eigenvalue weighted by molar-refractivity contribution is -0.161. The Morgan fingerprint density at radius 3 is 2.24 bits per heavy atom. The first-order valence-electron chi connectivity index (χ1n) is 9.42. The van der Waals surface area contributed by atoms with Gasteiger partial charge in [0.25, 0.3) is 0 Å². The lowest BCUT2D eigenvalue weighted by Crippen LogP contribution is -2.43. The van der Waals surface area contributed by atoms with Crippen LogP contribution in [0.15, 0.2) is 30.3 Å². The molecule has 0 aliphatic heterocycles. The second-order valence-corrected chi connectivity index (χ2v) is 8.21. The zero-order chi connectivity index (χ0) is 19.1. The summed E-state index contributed by atoms with van der Waals surface area (Å²) >= 11 is 0. The molecule has 3 heteroatoms. The van der Waals surface area contributed by atoms with Gasteiger partial charge < -0.3 is 9.47 Å². The zero-order valence-electron chi connectivity index (χ0n) is 17.1. The predicted molar refractivity (Wildman–Crippen MR) is 104 cm³/mol. The molecule has 0 N–H and O–H groups in total. The highest BCUT2D eigenvalue weighted by Gasteiger charge is 2.42. The predicted octanol–water partition coefficient (Wildman–Crippen LogP) is 5.59. The molecule has 0 fully saturated rings. The van der Waals surface area contributed by atoms with Crippen LogP contribution in [0.25, 0.3) is 0 Å². The summed E-state index contributed by atoms with van der Waals surface area (Å²) in [6.07, 6.45) is 2.63. The van der Waals surface area contributed by atoms with Crippen molar-refractivity contribution in [1.82, 2.24) is 0 Å². The minimum atomic E-state index is -0.559. The molecule has 0 bridgehead atoms. The smallest absolute Gasteiger partial charge is 0.311 e. The molecule has 1 rings (SSSR count). The Morgan fingerprint density at radius 1 is 1.12 bits per heavy atom. The molecule has 142 valence electrons. The molecule has 0 heterocycles. The Hall–Kier alpha value is -1.35. The number of esters is 1. The first-order chi connectivity index (χ1) is 11.7. The summed E-state index contributed by atoms with van der Waals surface area (Å²) in [5.41, 5.74) is 0.670. The van der Waals surface area contributed by atoms with Crippen LogP contribution in [-0.2, 0) is 14.3 Å². The van der Waals surface area contributed by atoms with Gasteiger partial charge in [-0.3, -0.25) is 4.79 Å². The van der Waals surface area contributed by atoms with Crippen LogP contribution in [-0.4, -0.2) is 25.3 Å². The molecular formula is C22H36O3. The molecular weight excluding hydrogens is 312 g/mol. The number of carbonyl (C=O) groups is 1. The number of unbranched alkanes of at least 4 members (excludes halogenated alkanes) is 1. The van der Waals surface area contributed by atoms with Crippen molar-refractivity contribution in [2.45, 2.75) is 72.3 Å². The lowest BCUT2D eigenvalue weighted by Gasteiger charge is -2.40. The minimum absolute atomic E-state index is 0.0639. The summed E-state index contributed by atoms with van der Waals surface area (Å²) in [6, 6.07) is 10.5. The second-order valence-electron chi connectivity index (χ2n) is 8.21. The maximum Gasteiger partial charge on any atom is 0.311 e. The summed E-state index contributed by atoms with van der Waals surface area (Å²) in [7, 11) is 1.67. The Morgan fingerprint density at radius 2 is 1.72 bits per heavy atom. The third-order valence-corrected chi connectivity index (χ3v) is 5.59. The highest BCUT2D eigenvalue weighted by atomic mass is 16.5. The van der Waals surface area contributed by atoms with E-state index >= 15 is 0 Å². The van der Waals surface area contributed by atoms with E-state index in [9.17, 15) is 4.79 Å². The fourth-order valence-electron chi connectivity index (χ4n) is 3.07. The molecule has 2 atom stereocenters. The maximum absolute atomic E-state index is 12.8. The van der Waals surface area contributed by atoms with E-state index in [2.05, 4.69) is 52.0 Å². The average Bonchev–Trinajstić information content (AvgIpc) is 2.59. The van der Waals surface area contributed by atoms with Crippen LogP contribution in [0, 0.1) is 11.3 Å². The first-order valence-corrected chi connectivity index (χ1v) is 9.42. The van der Waals surface area contributed by atoms with Gasteiger partial charge in [-0.15, -0.1) is 0 Å². The van der Waals surface area contributed by atoms with Gasteiger partial charge in [0.2, 0.25) is 0 Å². The van der Waals surface area contributed by atoms with Crippen molar-refractivity contribution in [3.8, 4) is 0 Å². The molecule has 0 aromatic heterocycles. The number of hydrogen-bond acceptors (Lipinski definition) is 3. The summed E-state index contributed by atoms with van der Waals surface area (Å²) in [5, 5.41) is 0. The van der Waals surface area contributed by atoms with E-state index in [4.69, 9.17) is 9.47 Å². The molecule has 1 aromatic rings. The summed E-state index contributed by atoms with van der Waals surface area (Å²) in [4.78, 5) is 12.8. The SMILES string of the molecule is CCCCOC(=O)C(CC(C)(C)C(C)c1ccccc1)C(C)(C)OC. The minimum Gasteiger partial charge on any atom is -0.465 e. The van der Waals surface area contributed by atoms with E-state index < -0.39 is 5.60 Å². The molecule has 0 radical (unpaired) electrons. The van der Waals surface area contributed by atoms with Gasteiger partial charge in [0.05, 0.1) is 18.1 Å². The number of methoxy groups -OCH3 is 1. The van der Waals surface area contributed by atoms with Gasteiger partial charge in [-0.25, -0.2) is 0 Å². The largest absolute Gasteiger partial charge is 0.465 e. The third-order valence-electron chi connectivity index (χ3n) is 5.59. The molecule has 2 unspecified atom stereocenters. The van der Waals surface area contributed by atoms with Gasteiger partial charge in [0.1, 0.15) is 0 Å². The quantitative estimate of drug-likeness (QED) is 0.408. The monoisotopic (exact) mass is 348 g/mol. The lowest BCUT2D eigenvalue weighted by atomic mass is 9.68. The van der Waals surface area contributed by atoms with Crippen LogP contribution in [0.5, 0.6) is 0 Å². The van der Waals surface area contributed by atoms with Crippen LogP contribution in [0.2, 0.25) is 0 Å². The van der Waals surface area contributed by atoms with Crippen molar-refractivity contribution in [3.63, 3.8) is 0 Å². The normalized spacial score (nSPS) is 14.8. The Kier molecular flexibility index (Phi) is 8.14. The van der Waals surface area contributed by atoms with Crippen LogP contribution in [0.1, 0.15) is 72.3 Å². The molecule has 3 nitrogen and oxygen atoms in total. The van der Waals surface area contributed by atoms with Gasteiger partial charge in [-0.1, -0.05) is 64.4 Å². The van der Waals surface area contributed by atoms with Crippen molar-refractivity contribution >= 4 is 5.97 Å². The van der Waals surface area contributed by atoms with Crippen LogP contribution < -0.4 is 0 Å². The fourth-order valence-corrected chi connectivity index (χ4v) is 3.07. The average molecular weight is 349 g/mol. The highest BCUT2D eigenvalue weighted by Crippen LogP contribution is 2.43. The fraction of sp³-hybridized carbons (Fsp3) is 0.682. The maximum atomic E-state index is 12.8. The van der Waals surface area contributed by atoms with Crippen molar-refractivity contribution in [1.29, 1.82) is 0 Å². The standard InChI is InChI=1S/C22H36O3/c1-8-9-15-25-20(23)19(22(5,6)24-7)16-21(3,4)17(2)18-13-11-10-12-14-18/h10-14,17,19H,8-9,15-16H2,1-7H3. The van der Waals surface area contributed by atoms with Gasteiger partial charge in [-0.2, -0.15) is 0 Å². The molecule has 0 aliphatic rings. The van der Waals surface area contributed by atoms with E-state index in [1.807, 2.05) is 19.9 Å². The Bertz CT molecular complexity index is 519. The highest BCUT2D eigenvalue weighted by molar-refractivity contribution is 5.74. The Labute approximate surface area is 154 Å². The van der Waals surface area contributed by atoms with Gasteiger partial charge >= 0.3 is 5.97 Å². The molecule has 0 amide bonds. The summed E-state index contributed by atoms with van der Waals surface area (Å²) < 4.78 is 11.2.